The maximum Gasteiger partial charge on any atom is 0.311 e. The molecule has 0 saturated heterocycles. The second-order valence-corrected chi connectivity index (χ2v) is 9.04. The van der Waals surface area contributed by atoms with Crippen LogP contribution in [-0.2, 0) is 33.8 Å². The third kappa shape index (κ3) is 9.28. The van der Waals surface area contributed by atoms with Crippen LogP contribution in [0.15, 0.2) is 66.7 Å². The van der Waals surface area contributed by atoms with Crippen LogP contribution in [0.4, 0.5) is 0 Å². The zero-order valence-corrected chi connectivity index (χ0v) is 21.8. The normalized spacial score (nSPS) is 11.5. The second-order valence-electron chi connectivity index (χ2n) is 9.04. The van der Waals surface area contributed by atoms with Crippen molar-refractivity contribution in [2.24, 2.45) is 5.73 Å². The van der Waals surface area contributed by atoms with E-state index in [9.17, 15) is 9.59 Å². The van der Waals surface area contributed by atoms with Gasteiger partial charge in [0, 0.05) is 6.54 Å². The molecule has 7 heteroatoms. The third-order valence-electron chi connectivity index (χ3n) is 6.02. The molecule has 0 spiro atoms. The van der Waals surface area contributed by atoms with E-state index in [-0.39, 0.29) is 25.4 Å². The number of rotatable bonds is 13. The van der Waals surface area contributed by atoms with Gasteiger partial charge in [-0.15, -0.1) is 0 Å². The molecular weight excluding hydrogens is 468 g/mol. The zero-order valence-electron chi connectivity index (χ0n) is 21.8. The molecule has 0 aliphatic carbocycles. The fourth-order valence-electron chi connectivity index (χ4n) is 3.81. The predicted molar refractivity (Wildman–Crippen MR) is 143 cm³/mol. The van der Waals surface area contributed by atoms with E-state index in [4.69, 9.17) is 19.9 Å². The molecule has 3 aromatic rings. The molecule has 3 rings (SSSR count). The first-order valence-corrected chi connectivity index (χ1v) is 12.5. The Morgan fingerprint density at radius 1 is 0.892 bits per heavy atom. The molecule has 3 N–H and O–H groups in total. The number of carbonyl (C=O) groups excluding carboxylic acids is 2. The van der Waals surface area contributed by atoms with Crippen LogP contribution in [0.3, 0.4) is 0 Å². The minimum absolute atomic E-state index is 0.0614. The predicted octanol–water partition coefficient (Wildman–Crippen LogP) is 4.40. The Morgan fingerprint density at radius 3 is 2.38 bits per heavy atom. The van der Waals surface area contributed by atoms with Crippen molar-refractivity contribution >= 4 is 11.9 Å². The highest BCUT2D eigenvalue weighted by Crippen LogP contribution is 2.29. The molecule has 7 nitrogen and oxygen atoms in total. The maximum atomic E-state index is 12.4. The molecule has 1 atom stereocenters. The highest BCUT2D eigenvalue weighted by molar-refractivity contribution is 5.78. The summed E-state index contributed by atoms with van der Waals surface area (Å²) < 4.78 is 16.4. The summed E-state index contributed by atoms with van der Waals surface area (Å²) in [4.78, 5) is 24.5. The lowest BCUT2D eigenvalue weighted by atomic mass is 10.0. The summed E-state index contributed by atoms with van der Waals surface area (Å²) in [6.07, 6.45) is 1.00. The van der Waals surface area contributed by atoms with Gasteiger partial charge in [0.05, 0.1) is 20.0 Å². The average Bonchev–Trinajstić information content (AvgIpc) is 2.89. The van der Waals surface area contributed by atoms with Gasteiger partial charge in [-0.2, -0.15) is 0 Å². The smallest absolute Gasteiger partial charge is 0.311 e. The molecule has 0 aliphatic rings. The van der Waals surface area contributed by atoms with E-state index in [1.54, 1.807) is 18.2 Å². The van der Waals surface area contributed by atoms with E-state index < -0.39 is 12.2 Å². The molecule has 3 aromatic carbocycles. The Morgan fingerprint density at radius 2 is 1.65 bits per heavy atom. The monoisotopic (exact) mass is 504 g/mol. The summed E-state index contributed by atoms with van der Waals surface area (Å²) in [5.41, 5.74) is 11.5. The maximum absolute atomic E-state index is 12.4. The zero-order chi connectivity index (χ0) is 26.6. The number of ether oxygens (including phenoxy) is 3. The second kappa shape index (κ2) is 14.0. The Balaban J connectivity index is 1.42. The molecule has 1 amide bonds. The van der Waals surface area contributed by atoms with E-state index in [1.165, 1.54) is 23.8 Å². The van der Waals surface area contributed by atoms with Crippen molar-refractivity contribution in [3.63, 3.8) is 0 Å². The Hall–Kier alpha value is -3.84. The van der Waals surface area contributed by atoms with Crippen LogP contribution in [0, 0.1) is 13.8 Å². The lowest BCUT2D eigenvalue weighted by Crippen LogP contribution is -2.31. The first-order valence-electron chi connectivity index (χ1n) is 12.5. The fourth-order valence-corrected chi connectivity index (χ4v) is 3.81. The summed E-state index contributed by atoms with van der Waals surface area (Å²) in [6, 6.07) is 21.1. The quantitative estimate of drug-likeness (QED) is 0.203. The van der Waals surface area contributed by atoms with Crippen LogP contribution in [0.25, 0.3) is 0 Å². The molecule has 0 radical (unpaired) electrons. The summed E-state index contributed by atoms with van der Waals surface area (Å²) in [6.45, 7) is 5.00. The SMILES string of the molecule is COc1cc(CC(=O)NCCCc2ccc(C)c(C)c2)ccc1OC(N)CC(=O)OCc1ccccc1. The number of methoxy groups -OCH3 is 1. The van der Waals surface area contributed by atoms with Gasteiger partial charge >= 0.3 is 5.97 Å². The number of hydrogen-bond acceptors (Lipinski definition) is 6. The molecule has 0 bridgehead atoms. The summed E-state index contributed by atoms with van der Waals surface area (Å²) >= 11 is 0. The van der Waals surface area contributed by atoms with E-state index in [0.29, 0.717) is 18.0 Å². The summed E-state index contributed by atoms with van der Waals surface area (Å²) in [5, 5.41) is 2.97. The number of esters is 1. The lowest BCUT2D eigenvalue weighted by molar-refractivity contribution is -0.146. The van der Waals surface area contributed by atoms with Gasteiger partial charge in [-0.1, -0.05) is 54.6 Å². The van der Waals surface area contributed by atoms with Gasteiger partial charge < -0.3 is 19.5 Å². The largest absolute Gasteiger partial charge is 0.493 e. The first-order chi connectivity index (χ1) is 17.8. The molecule has 37 heavy (non-hydrogen) atoms. The van der Waals surface area contributed by atoms with E-state index in [1.807, 2.05) is 30.3 Å². The molecule has 0 aliphatic heterocycles. The first kappa shape index (κ1) is 27.7. The number of aryl methyl sites for hydroxylation is 3. The van der Waals surface area contributed by atoms with Gasteiger partial charge in [0.1, 0.15) is 6.61 Å². The number of carbonyl (C=O) groups is 2. The van der Waals surface area contributed by atoms with Gasteiger partial charge in [-0.25, -0.2) is 0 Å². The van der Waals surface area contributed by atoms with Crippen LogP contribution in [-0.4, -0.2) is 31.8 Å². The van der Waals surface area contributed by atoms with Gasteiger partial charge in [-0.3, -0.25) is 15.3 Å². The third-order valence-corrected chi connectivity index (χ3v) is 6.02. The van der Waals surface area contributed by atoms with Crippen molar-refractivity contribution < 1.29 is 23.8 Å². The van der Waals surface area contributed by atoms with Crippen LogP contribution in [0.2, 0.25) is 0 Å². The molecule has 0 aromatic heterocycles. The molecular formula is C30H36N2O5. The number of nitrogens with one attached hydrogen (secondary N) is 1. The van der Waals surface area contributed by atoms with Crippen LogP contribution < -0.4 is 20.5 Å². The average molecular weight is 505 g/mol. The van der Waals surface area contributed by atoms with Crippen LogP contribution in [0.1, 0.15) is 40.7 Å². The lowest BCUT2D eigenvalue weighted by Gasteiger charge is -2.17. The van der Waals surface area contributed by atoms with Crippen molar-refractivity contribution in [3.05, 3.63) is 94.5 Å². The molecule has 0 fully saturated rings. The van der Waals surface area contributed by atoms with Gasteiger partial charge in [0.25, 0.3) is 0 Å². The van der Waals surface area contributed by atoms with Crippen molar-refractivity contribution in [3.8, 4) is 11.5 Å². The number of hydrogen-bond donors (Lipinski definition) is 2. The van der Waals surface area contributed by atoms with Crippen molar-refractivity contribution in [2.75, 3.05) is 13.7 Å². The minimum atomic E-state index is -0.899. The van der Waals surface area contributed by atoms with Crippen LogP contribution >= 0.6 is 0 Å². The van der Waals surface area contributed by atoms with E-state index in [0.717, 1.165) is 24.0 Å². The fraction of sp³-hybridized carbons (Fsp3) is 0.333. The number of nitrogens with two attached hydrogens (primary N) is 1. The van der Waals surface area contributed by atoms with Gasteiger partial charge in [0.15, 0.2) is 17.7 Å². The molecule has 0 heterocycles. The summed E-state index contributed by atoms with van der Waals surface area (Å²) in [7, 11) is 1.51. The Labute approximate surface area is 218 Å². The van der Waals surface area contributed by atoms with E-state index >= 15 is 0 Å². The topological polar surface area (TPSA) is 99.9 Å². The van der Waals surface area contributed by atoms with Gasteiger partial charge in [0.2, 0.25) is 5.91 Å². The van der Waals surface area contributed by atoms with Crippen molar-refractivity contribution in [2.45, 2.75) is 52.4 Å². The minimum Gasteiger partial charge on any atom is -0.493 e. The van der Waals surface area contributed by atoms with Gasteiger partial charge in [-0.05, 0) is 66.6 Å². The van der Waals surface area contributed by atoms with Crippen LogP contribution in [0.5, 0.6) is 11.5 Å². The molecule has 1 unspecified atom stereocenters. The standard InChI is InChI=1S/C30H36N2O5/c1-21-11-12-23(16-22(21)2)10-7-15-32-29(33)18-25-13-14-26(27(17-25)35-3)37-28(31)19-30(34)36-20-24-8-5-4-6-9-24/h4-6,8-9,11-14,16-17,28H,7,10,15,18-20,31H2,1-3H3,(H,32,33). The van der Waals surface area contributed by atoms with Crippen molar-refractivity contribution in [1.29, 1.82) is 0 Å². The number of benzene rings is 3. The highest BCUT2D eigenvalue weighted by Gasteiger charge is 2.16. The highest BCUT2D eigenvalue weighted by atomic mass is 16.5. The van der Waals surface area contributed by atoms with E-state index in [2.05, 4.69) is 37.4 Å². The molecule has 196 valence electrons. The number of amides is 1. The Kier molecular flexibility index (Phi) is 10.5. The Bertz CT molecular complexity index is 1180. The van der Waals surface area contributed by atoms with Crippen molar-refractivity contribution in [1.82, 2.24) is 5.32 Å². The summed E-state index contributed by atoms with van der Waals surface area (Å²) in [5.74, 6) is 0.311. The molecule has 0 saturated carbocycles.